The van der Waals surface area contributed by atoms with Crippen LogP contribution >= 0.6 is 0 Å². The number of aryl methyl sites for hydroxylation is 1. The lowest BCUT2D eigenvalue weighted by molar-refractivity contribution is -0.142. The molecule has 0 saturated heterocycles. The summed E-state index contributed by atoms with van der Waals surface area (Å²) in [4.78, 5) is 27.0. The van der Waals surface area contributed by atoms with Crippen LogP contribution in [0.1, 0.15) is 23.6 Å². The number of alkyl halides is 3. The molecule has 0 aliphatic carbocycles. The van der Waals surface area contributed by atoms with Crippen LogP contribution in [-0.4, -0.2) is 26.5 Å². The van der Waals surface area contributed by atoms with Gasteiger partial charge in [0.15, 0.2) is 6.04 Å². The van der Waals surface area contributed by atoms with Crippen molar-refractivity contribution in [2.45, 2.75) is 25.2 Å². The Hall–Kier alpha value is -2.84. The molecule has 0 fully saturated rings. The van der Waals surface area contributed by atoms with Crippen molar-refractivity contribution in [3.63, 3.8) is 0 Å². The van der Waals surface area contributed by atoms with Crippen LogP contribution < -0.4 is 5.32 Å². The largest absolute Gasteiger partial charge is 0.479 e. The van der Waals surface area contributed by atoms with Crippen LogP contribution in [0, 0.1) is 0 Å². The van der Waals surface area contributed by atoms with Crippen LogP contribution in [0.2, 0.25) is 0 Å². The van der Waals surface area contributed by atoms with Crippen LogP contribution in [0.15, 0.2) is 43.0 Å². The van der Waals surface area contributed by atoms with Crippen molar-refractivity contribution in [1.29, 1.82) is 0 Å². The highest BCUT2D eigenvalue weighted by molar-refractivity contribution is 5.84. The van der Waals surface area contributed by atoms with Crippen LogP contribution in [0.4, 0.5) is 13.2 Å². The van der Waals surface area contributed by atoms with E-state index < -0.39 is 29.7 Å². The van der Waals surface area contributed by atoms with E-state index in [-0.39, 0.29) is 12.0 Å². The van der Waals surface area contributed by atoms with Gasteiger partial charge in [-0.05, 0) is 17.7 Å². The number of nitrogens with zero attached hydrogens (tertiary/aromatic N) is 2. The monoisotopic (exact) mass is 341 g/mol. The molecule has 2 aromatic rings. The summed E-state index contributed by atoms with van der Waals surface area (Å²) in [6.07, 6.45) is 0.210. The van der Waals surface area contributed by atoms with Gasteiger partial charge in [-0.2, -0.15) is 13.2 Å². The molecule has 1 amide bonds. The van der Waals surface area contributed by atoms with Crippen LogP contribution in [0.25, 0.3) is 0 Å². The number of rotatable bonds is 6. The van der Waals surface area contributed by atoms with Gasteiger partial charge in [0.05, 0.1) is 11.9 Å². The van der Waals surface area contributed by atoms with Gasteiger partial charge in [0.25, 0.3) is 0 Å². The van der Waals surface area contributed by atoms with Crippen molar-refractivity contribution >= 4 is 11.9 Å². The molecule has 2 rings (SSSR count). The molecule has 24 heavy (non-hydrogen) atoms. The second-order valence-electron chi connectivity index (χ2n) is 5.01. The number of hydrogen-bond acceptors (Lipinski definition) is 3. The van der Waals surface area contributed by atoms with Crippen molar-refractivity contribution in [3.8, 4) is 0 Å². The number of aromatic nitrogens is 2. The second kappa shape index (κ2) is 7.16. The number of benzene rings is 1. The second-order valence-corrected chi connectivity index (χ2v) is 5.01. The van der Waals surface area contributed by atoms with Crippen LogP contribution in [0.5, 0.6) is 0 Å². The fraction of sp³-hybridized carbons (Fsp3) is 0.267. The van der Waals surface area contributed by atoms with Gasteiger partial charge in [0.1, 0.15) is 0 Å². The van der Waals surface area contributed by atoms with E-state index in [1.54, 1.807) is 17.0 Å². The van der Waals surface area contributed by atoms with Gasteiger partial charge in [-0.25, -0.2) is 9.78 Å². The highest BCUT2D eigenvalue weighted by Gasteiger charge is 2.31. The van der Waals surface area contributed by atoms with Gasteiger partial charge < -0.3 is 15.0 Å². The van der Waals surface area contributed by atoms with Crippen LogP contribution in [0.3, 0.4) is 0 Å². The molecule has 1 heterocycles. The SMILES string of the molecule is O=C(CCn1ccnc1)NC(C(=O)O)c1ccc(C(F)(F)F)cc1. The molecule has 2 N–H and O–H groups in total. The molecule has 1 atom stereocenters. The number of carbonyl (C=O) groups excluding carboxylic acids is 1. The first kappa shape index (κ1) is 17.5. The molecule has 6 nitrogen and oxygen atoms in total. The smallest absolute Gasteiger partial charge is 0.416 e. The van der Waals surface area contributed by atoms with Gasteiger partial charge in [0.2, 0.25) is 5.91 Å². The van der Waals surface area contributed by atoms with E-state index in [9.17, 15) is 27.9 Å². The summed E-state index contributed by atoms with van der Waals surface area (Å²) >= 11 is 0. The van der Waals surface area contributed by atoms with Gasteiger partial charge in [-0.1, -0.05) is 12.1 Å². The van der Waals surface area contributed by atoms with Gasteiger partial charge in [-0.15, -0.1) is 0 Å². The summed E-state index contributed by atoms with van der Waals surface area (Å²) in [5.41, 5.74) is -0.826. The van der Waals surface area contributed by atoms with Gasteiger partial charge >= 0.3 is 12.1 Å². The molecule has 128 valence electrons. The first-order valence-corrected chi connectivity index (χ1v) is 6.92. The number of nitrogens with one attached hydrogen (secondary N) is 1. The normalized spacial score (nSPS) is 12.6. The predicted molar refractivity (Wildman–Crippen MR) is 76.8 cm³/mol. The van der Waals surface area contributed by atoms with E-state index in [1.807, 2.05) is 0 Å². The average molecular weight is 341 g/mol. The molecular weight excluding hydrogens is 327 g/mol. The molecule has 0 radical (unpaired) electrons. The van der Waals surface area contributed by atoms with Crippen LogP contribution in [-0.2, 0) is 22.3 Å². The summed E-state index contributed by atoms with van der Waals surface area (Å²) < 4.78 is 39.2. The Labute approximate surface area is 134 Å². The van der Waals surface area contributed by atoms with Gasteiger partial charge in [-0.3, -0.25) is 4.79 Å². The van der Waals surface area contributed by atoms with Gasteiger partial charge in [0, 0.05) is 25.4 Å². The molecular formula is C15H14F3N3O3. The number of amides is 1. The molecule has 9 heteroatoms. The topological polar surface area (TPSA) is 84.2 Å². The number of carboxylic acid groups (broad SMARTS) is 1. The Kier molecular flexibility index (Phi) is 5.22. The van der Waals surface area contributed by atoms with Crippen molar-refractivity contribution in [3.05, 3.63) is 54.1 Å². The standard InChI is InChI=1S/C15H14F3N3O3/c16-15(17,18)11-3-1-10(2-4-11)13(14(23)24)20-12(22)5-7-21-8-6-19-9-21/h1-4,6,8-9,13H,5,7H2,(H,20,22)(H,23,24). The van der Waals surface area contributed by atoms with E-state index in [0.29, 0.717) is 6.54 Å². The zero-order valence-electron chi connectivity index (χ0n) is 12.3. The fourth-order valence-corrected chi connectivity index (χ4v) is 2.04. The average Bonchev–Trinajstić information content (AvgIpc) is 3.03. The van der Waals surface area contributed by atoms with E-state index in [2.05, 4.69) is 10.3 Å². The zero-order chi connectivity index (χ0) is 17.7. The molecule has 0 aliphatic rings. The molecule has 1 unspecified atom stereocenters. The maximum atomic E-state index is 12.5. The summed E-state index contributed by atoms with van der Waals surface area (Å²) in [6, 6.07) is 2.23. The Morgan fingerprint density at radius 3 is 2.42 bits per heavy atom. The molecule has 0 spiro atoms. The first-order chi connectivity index (χ1) is 11.3. The highest BCUT2D eigenvalue weighted by atomic mass is 19.4. The van der Waals surface area contributed by atoms with Crippen molar-refractivity contribution < 1.29 is 27.9 Å². The number of imidazole rings is 1. The third-order valence-electron chi connectivity index (χ3n) is 3.28. The van der Waals surface area contributed by atoms with Crippen molar-refractivity contribution in [1.82, 2.24) is 14.9 Å². The molecule has 0 bridgehead atoms. The number of carboxylic acids is 1. The van der Waals surface area contributed by atoms with E-state index in [1.165, 1.54) is 6.33 Å². The molecule has 0 aliphatic heterocycles. The maximum Gasteiger partial charge on any atom is 0.416 e. The highest BCUT2D eigenvalue weighted by Crippen LogP contribution is 2.30. The summed E-state index contributed by atoms with van der Waals surface area (Å²) in [5, 5.41) is 11.5. The first-order valence-electron chi connectivity index (χ1n) is 6.92. The third-order valence-corrected chi connectivity index (χ3v) is 3.28. The third kappa shape index (κ3) is 4.58. The number of halogens is 3. The summed E-state index contributed by atoms with van der Waals surface area (Å²) in [6.45, 7) is 0.311. The Balaban J connectivity index is 2.03. The minimum absolute atomic E-state index is 0.0147. The Bertz CT molecular complexity index is 697. The number of aliphatic carboxylic acids is 1. The fourth-order valence-electron chi connectivity index (χ4n) is 2.04. The number of carbonyl (C=O) groups is 2. The van der Waals surface area contributed by atoms with E-state index in [0.717, 1.165) is 24.3 Å². The Morgan fingerprint density at radius 2 is 1.92 bits per heavy atom. The maximum absolute atomic E-state index is 12.5. The quantitative estimate of drug-likeness (QED) is 0.844. The Morgan fingerprint density at radius 1 is 1.25 bits per heavy atom. The van der Waals surface area contributed by atoms with Crippen molar-refractivity contribution in [2.24, 2.45) is 0 Å². The molecule has 0 saturated carbocycles. The number of hydrogen-bond donors (Lipinski definition) is 2. The predicted octanol–water partition coefficient (Wildman–Crippen LogP) is 2.23. The van der Waals surface area contributed by atoms with E-state index in [4.69, 9.17) is 0 Å². The minimum atomic E-state index is -4.51. The molecule has 1 aromatic carbocycles. The summed E-state index contributed by atoms with van der Waals surface area (Å²) in [5.74, 6) is -1.89. The zero-order valence-corrected chi connectivity index (χ0v) is 12.3. The van der Waals surface area contributed by atoms with Crippen molar-refractivity contribution in [2.75, 3.05) is 0 Å². The lowest BCUT2D eigenvalue weighted by Gasteiger charge is -2.16. The molecule has 1 aromatic heterocycles. The van der Waals surface area contributed by atoms with E-state index >= 15 is 0 Å². The lowest BCUT2D eigenvalue weighted by Crippen LogP contribution is -2.34. The minimum Gasteiger partial charge on any atom is -0.479 e. The summed E-state index contributed by atoms with van der Waals surface area (Å²) in [7, 11) is 0. The lowest BCUT2D eigenvalue weighted by atomic mass is 10.0.